The molecule has 0 unspecified atom stereocenters. The van der Waals surface area contributed by atoms with Crippen molar-refractivity contribution in [2.45, 2.75) is 18.9 Å². The normalized spacial score (nSPS) is 34.5. The minimum absolute atomic E-state index is 0.215. The lowest BCUT2D eigenvalue weighted by Crippen LogP contribution is -2.56. The maximum atomic E-state index is 11.4. The Labute approximate surface area is 77.9 Å². The van der Waals surface area contributed by atoms with Crippen LogP contribution in [0.3, 0.4) is 0 Å². The van der Waals surface area contributed by atoms with E-state index in [1.54, 1.807) is 0 Å². The van der Waals surface area contributed by atoms with Crippen molar-refractivity contribution in [3.8, 4) is 0 Å². The van der Waals surface area contributed by atoms with E-state index >= 15 is 0 Å². The Morgan fingerprint density at radius 1 is 1.54 bits per heavy atom. The Bertz CT molecular complexity index is 202. The number of hydrogen-bond donors (Lipinski definition) is 2. The fourth-order valence-corrected chi connectivity index (χ4v) is 2.11. The number of piperazine rings is 1. The Hall–Kier alpha value is -0.610. The number of carbonyl (C=O) groups is 1. The van der Waals surface area contributed by atoms with Gasteiger partial charge in [-0.2, -0.15) is 0 Å². The number of nitrogens with one attached hydrogen (secondary N) is 1. The van der Waals surface area contributed by atoms with Crippen LogP contribution in [0.25, 0.3) is 0 Å². The summed E-state index contributed by atoms with van der Waals surface area (Å²) < 4.78 is 0. The van der Waals surface area contributed by atoms with Crippen molar-refractivity contribution < 1.29 is 9.90 Å². The molecule has 1 heterocycles. The monoisotopic (exact) mass is 184 g/mol. The summed E-state index contributed by atoms with van der Waals surface area (Å²) in [5.74, 6) is 0.653. The summed E-state index contributed by atoms with van der Waals surface area (Å²) >= 11 is 0. The molecule has 1 saturated carbocycles. The zero-order valence-corrected chi connectivity index (χ0v) is 7.70. The molecule has 1 aliphatic carbocycles. The van der Waals surface area contributed by atoms with Gasteiger partial charge in [0.05, 0.1) is 6.54 Å². The Morgan fingerprint density at radius 2 is 2.31 bits per heavy atom. The van der Waals surface area contributed by atoms with E-state index in [0.29, 0.717) is 18.5 Å². The molecule has 0 aromatic rings. The van der Waals surface area contributed by atoms with Crippen LogP contribution in [0, 0.1) is 5.92 Å². The summed E-state index contributed by atoms with van der Waals surface area (Å²) in [7, 11) is 0. The third-order valence-corrected chi connectivity index (χ3v) is 3.04. The van der Waals surface area contributed by atoms with Gasteiger partial charge in [0.1, 0.15) is 0 Å². The quantitative estimate of drug-likeness (QED) is 0.590. The van der Waals surface area contributed by atoms with Crippen molar-refractivity contribution >= 4 is 5.91 Å². The lowest BCUT2D eigenvalue weighted by molar-refractivity contribution is -0.137. The Morgan fingerprint density at radius 3 is 2.92 bits per heavy atom. The molecule has 0 aromatic carbocycles. The molecule has 0 aromatic heterocycles. The van der Waals surface area contributed by atoms with Crippen molar-refractivity contribution in [1.29, 1.82) is 0 Å². The molecule has 74 valence electrons. The van der Waals surface area contributed by atoms with E-state index in [1.165, 1.54) is 0 Å². The summed E-state index contributed by atoms with van der Waals surface area (Å²) in [4.78, 5) is 13.4. The molecular formula is C9H16N2O2. The van der Waals surface area contributed by atoms with Crippen molar-refractivity contribution in [3.05, 3.63) is 0 Å². The van der Waals surface area contributed by atoms with Gasteiger partial charge in [-0.15, -0.1) is 0 Å². The fourth-order valence-electron chi connectivity index (χ4n) is 2.11. The zero-order chi connectivity index (χ0) is 9.26. The van der Waals surface area contributed by atoms with E-state index in [2.05, 4.69) is 5.32 Å². The second-order valence-electron chi connectivity index (χ2n) is 3.94. The minimum Gasteiger partial charge on any atom is -0.396 e. The highest BCUT2D eigenvalue weighted by Gasteiger charge is 2.35. The van der Waals surface area contributed by atoms with Gasteiger partial charge >= 0.3 is 0 Å². The van der Waals surface area contributed by atoms with Gasteiger partial charge in [-0.1, -0.05) is 0 Å². The first-order valence-electron chi connectivity index (χ1n) is 4.92. The molecule has 2 fully saturated rings. The minimum atomic E-state index is 0.215. The van der Waals surface area contributed by atoms with Gasteiger partial charge in [0, 0.05) is 25.7 Å². The van der Waals surface area contributed by atoms with E-state index in [-0.39, 0.29) is 12.5 Å². The first-order valence-corrected chi connectivity index (χ1v) is 4.92. The van der Waals surface area contributed by atoms with Gasteiger partial charge in [-0.3, -0.25) is 4.79 Å². The molecule has 13 heavy (non-hydrogen) atoms. The standard InChI is InChI=1S/C9H16N2O2/c12-6-7-3-8(4-7)11-2-1-10-5-9(11)13/h7-8,10,12H,1-6H2. The molecular weight excluding hydrogens is 168 g/mol. The number of hydrogen-bond acceptors (Lipinski definition) is 3. The number of amides is 1. The number of aliphatic hydroxyl groups is 1. The second kappa shape index (κ2) is 3.64. The summed E-state index contributed by atoms with van der Waals surface area (Å²) in [6, 6.07) is 0.409. The van der Waals surface area contributed by atoms with Gasteiger partial charge in [-0.25, -0.2) is 0 Å². The lowest BCUT2D eigenvalue weighted by Gasteiger charge is -2.44. The molecule has 1 aliphatic heterocycles. The maximum absolute atomic E-state index is 11.4. The van der Waals surface area contributed by atoms with E-state index in [0.717, 1.165) is 25.9 Å². The Kier molecular flexibility index (Phi) is 2.51. The topological polar surface area (TPSA) is 52.6 Å². The van der Waals surface area contributed by atoms with Gasteiger partial charge in [-0.05, 0) is 18.8 Å². The summed E-state index contributed by atoms with van der Waals surface area (Å²) in [5, 5.41) is 11.9. The highest BCUT2D eigenvalue weighted by Crippen LogP contribution is 2.31. The average Bonchev–Trinajstić information content (AvgIpc) is 2.06. The molecule has 1 saturated heterocycles. The van der Waals surface area contributed by atoms with E-state index in [1.807, 2.05) is 4.90 Å². The summed E-state index contributed by atoms with van der Waals surface area (Å²) in [6.07, 6.45) is 1.98. The van der Waals surface area contributed by atoms with Gasteiger partial charge in [0.2, 0.25) is 5.91 Å². The highest BCUT2D eigenvalue weighted by atomic mass is 16.3. The smallest absolute Gasteiger partial charge is 0.236 e. The number of aliphatic hydroxyl groups excluding tert-OH is 1. The first-order chi connectivity index (χ1) is 6.31. The van der Waals surface area contributed by atoms with E-state index in [4.69, 9.17) is 5.11 Å². The summed E-state index contributed by atoms with van der Waals surface area (Å²) in [6.45, 7) is 2.50. The molecule has 0 atom stereocenters. The van der Waals surface area contributed by atoms with Crippen LogP contribution < -0.4 is 5.32 Å². The fraction of sp³-hybridized carbons (Fsp3) is 0.889. The van der Waals surface area contributed by atoms with Crippen LogP contribution in [0.2, 0.25) is 0 Å². The van der Waals surface area contributed by atoms with Crippen LogP contribution in [-0.2, 0) is 4.79 Å². The van der Waals surface area contributed by atoms with Crippen LogP contribution in [0.15, 0.2) is 0 Å². The van der Waals surface area contributed by atoms with E-state index < -0.39 is 0 Å². The van der Waals surface area contributed by atoms with Crippen LogP contribution in [0.4, 0.5) is 0 Å². The second-order valence-corrected chi connectivity index (χ2v) is 3.94. The van der Waals surface area contributed by atoms with Gasteiger partial charge in [0.15, 0.2) is 0 Å². The van der Waals surface area contributed by atoms with E-state index in [9.17, 15) is 4.79 Å². The van der Waals surface area contributed by atoms with Gasteiger partial charge in [0.25, 0.3) is 0 Å². The molecule has 4 nitrogen and oxygen atoms in total. The Balaban J connectivity index is 1.84. The SMILES string of the molecule is O=C1CNCCN1C1CC(CO)C1. The maximum Gasteiger partial charge on any atom is 0.236 e. The molecule has 2 N–H and O–H groups in total. The molecule has 0 radical (unpaired) electrons. The molecule has 4 heteroatoms. The van der Waals surface area contributed by atoms with Crippen LogP contribution >= 0.6 is 0 Å². The first kappa shape index (κ1) is 8.97. The van der Waals surface area contributed by atoms with Crippen LogP contribution in [0.1, 0.15) is 12.8 Å². The highest BCUT2D eigenvalue weighted by molar-refractivity contribution is 5.79. The molecule has 1 amide bonds. The lowest BCUT2D eigenvalue weighted by atomic mass is 9.79. The molecule has 0 spiro atoms. The number of rotatable bonds is 2. The third kappa shape index (κ3) is 1.69. The third-order valence-electron chi connectivity index (χ3n) is 3.04. The van der Waals surface area contributed by atoms with Crippen molar-refractivity contribution in [1.82, 2.24) is 10.2 Å². The zero-order valence-electron chi connectivity index (χ0n) is 7.70. The predicted octanol–water partition coefficient (Wildman–Crippen LogP) is -0.811. The predicted molar refractivity (Wildman–Crippen MR) is 48.2 cm³/mol. The van der Waals surface area contributed by atoms with Crippen molar-refractivity contribution in [3.63, 3.8) is 0 Å². The van der Waals surface area contributed by atoms with Crippen LogP contribution in [0.5, 0.6) is 0 Å². The largest absolute Gasteiger partial charge is 0.396 e. The summed E-state index contributed by atoms with van der Waals surface area (Å²) in [5.41, 5.74) is 0. The molecule has 2 rings (SSSR count). The average molecular weight is 184 g/mol. The van der Waals surface area contributed by atoms with Crippen LogP contribution in [-0.4, -0.2) is 48.2 Å². The number of carbonyl (C=O) groups excluding carboxylic acids is 1. The molecule has 0 bridgehead atoms. The van der Waals surface area contributed by atoms with Crippen molar-refractivity contribution in [2.75, 3.05) is 26.2 Å². The molecule has 2 aliphatic rings. The van der Waals surface area contributed by atoms with Crippen molar-refractivity contribution in [2.24, 2.45) is 5.92 Å². The number of nitrogens with zero attached hydrogens (tertiary/aromatic N) is 1. The van der Waals surface area contributed by atoms with Gasteiger partial charge < -0.3 is 15.3 Å².